The third-order valence-electron chi connectivity index (χ3n) is 3.40. The lowest BCUT2D eigenvalue weighted by atomic mass is 10.1. The first-order valence-corrected chi connectivity index (χ1v) is 7.37. The van der Waals surface area contributed by atoms with Crippen molar-refractivity contribution in [2.45, 2.75) is 26.3 Å². The highest BCUT2D eigenvalue weighted by atomic mass is 127. The van der Waals surface area contributed by atoms with Crippen LogP contribution in [0.2, 0.25) is 0 Å². The van der Waals surface area contributed by atoms with Gasteiger partial charge in [0.1, 0.15) is 9.39 Å². The van der Waals surface area contributed by atoms with E-state index in [-0.39, 0.29) is 5.56 Å². The Morgan fingerprint density at radius 2 is 2.44 bits per heavy atom. The second-order valence-corrected chi connectivity index (χ2v) is 6.10. The molecule has 100 valence electrons. The number of aromatic nitrogens is 2. The molecule has 2 heterocycles. The van der Waals surface area contributed by atoms with Crippen LogP contribution in [-0.4, -0.2) is 40.5 Å². The Hall–Kier alpha value is -0.630. The molecule has 5 nitrogen and oxygen atoms in total. The lowest BCUT2D eigenvalue weighted by Gasteiger charge is -2.20. The Bertz CT molecular complexity index is 460. The maximum absolute atomic E-state index is 11.4. The number of anilines is 1. The molecule has 1 aromatic heterocycles. The van der Waals surface area contributed by atoms with Crippen LogP contribution < -0.4 is 10.9 Å². The van der Waals surface area contributed by atoms with E-state index in [2.05, 4.69) is 34.0 Å². The third kappa shape index (κ3) is 3.23. The van der Waals surface area contributed by atoms with Gasteiger partial charge in [0.15, 0.2) is 0 Å². The Balaban J connectivity index is 1.89. The van der Waals surface area contributed by atoms with E-state index >= 15 is 0 Å². The van der Waals surface area contributed by atoms with Crippen molar-refractivity contribution in [3.63, 3.8) is 0 Å². The Morgan fingerprint density at radius 1 is 1.67 bits per heavy atom. The number of rotatable bonds is 4. The van der Waals surface area contributed by atoms with E-state index in [1.165, 1.54) is 19.3 Å². The molecular formula is C12H19IN4O. The molecule has 1 atom stereocenters. The molecule has 0 spiro atoms. The van der Waals surface area contributed by atoms with Gasteiger partial charge in [0.2, 0.25) is 0 Å². The van der Waals surface area contributed by atoms with Crippen molar-refractivity contribution in [1.29, 1.82) is 0 Å². The number of H-pyrrole nitrogens is 1. The number of likely N-dealkylation sites (tertiary alicyclic amines) is 1. The summed E-state index contributed by atoms with van der Waals surface area (Å²) < 4.78 is 0.633. The van der Waals surface area contributed by atoms with Gasteiger partial charge in [-0.25, -0.2) is 4.98 Å². The molecule has 0 radical (unpaired) electrons. The van der Waals surface area contributed by atoms with Gasteiger partial charge in [0.05, 0.1) is 6.33 Å². The third-order valence-corrected chi connectivity index (χ3v) is 4.40. The van der Waals surface area contributed by atoms with Gasteiger partial charge in [0.25, 0.3) is 5.56 Å². The number of aromatic amines is 1. The number of halogens is 1. The van der Waals surface area contributed by atoms with E-state index in [1.807, 2.05) is 22.6 Å². The van der Waals surface area contributed by atoms with Crippen LogP contribution in [0.15, 0.2) is 11.1 Å². The van der Waals surface area contributed by atoms with Crippen LogP contribution in [0.5, 0.6) is 0 Å². The van der Waals surface area contributed by atoms with Crippen molar-refractivity contribution >= 4 is 28.4 Å². The van der Waals surface area contributed by atoms with E-state index in [9.17, 15) is 4.79 Å². The molecule has 1 saturated heterocycles. The highest BCUT2D eigenvalue weighted by Gasteiger charge is 2.24. The number of hydrogen-bond acceptors (Lipinski definition) is 4. The molecule has 1 fully saturated rings. The standard InChI is InChI=1S/C12H19IN4O/c1-8(2)17-4-3-9(6-17)5-14-11-10(13)12(18)16-7-15-11/h7-9H,3-6H2,1-2H3,(H2,14,15,16,18). The van der Waals surface area contributed by atoms with Gasteiger partial charge in [0, 0.05) is 19.1 Å². The van der Waals surface area contributed by atoms with Crippen molar-refractivity contribution in [2.24, 2.45) is 5.92 Å². The van der Waals surface area contributed by atoms with Gasteiger partial charge in [-0.15, -0.1) is 0 Å². The van der Waals surface area contributed by atoms with E-state index in [4.69, 9.17) is 0 Å². The minimum Gasteiger partial charge on any atom is -0.369 e. The van der Waals surface area contributed by atoms with Crippen molar-refractivity contribution < 1.29 is 0 Å². The van der Waals surface area contributed by atoms with E-state index < -0.39 is 0 Å². The van der Waals surface area contributed by atoms with Gasteiger partial charge in [-0.2, -0.15) is 0 Å². The lowest BCUT2D eigenvalue weighted by molar-refractivity contribution is 0.266. The fourth-order valence-electron chi connectivity index (χ4n) is 2.25. The highest BCUT2D eigenvalue weighted by molar-refractivity contribution is 14.1. The van der Waals surface area contributed by atoms with Crippen LogP contribution in [-0.2, 0) is 0 Å². The summed E-state index contributed by atoms with van der Waals surface area (Å²) >= 11 is 2.03. The van der Waals surface area contributed by atoms with Crippen LogP contribution in [0, 0.1) is 9.49 Å². The van der Waals surface area contributed by atoms with Gasteiger partial charge in [-0.05, 0) is 55.3 Å². The fraction of sp³-hybridized carbons (Fsp3) is 0.667. The van der Waals surface area contributed by atoms with Crippen LogP contribution in [0.3, 0.4) is 0 Å². The molecule has 0 aliphatic carbocycles. The zero-order valence-corrected chi connectivity index (χ0v) is 12.9. The summed E-state index contributed by atoms with van der Waals surface area (Å²) in [6.45, 7) is 7.65. The molecule has 6 heteroatoms. The van der Waals surface area contributed by atoms with Gasteiger partial charge in [-0.3, -0.25) is 4.79 Å². The molecular weight excluding hydrogens is 343 g/mol. The molecule has 0 aromatic carbocycles. The van der Waals surface area contributed by atoms with E-state index in [1.54, 1.807) is 0 Å². The van der Waals surface area contributed by atoms with Crippen molar-refractivity contribution in [1.82, 2.24) is 14.9 Å². The first-order chi connectivity index (χ1) is 8.58. The average molecular weight is 362 g/mol. The maximum Gasteiger partial charge on any atom is 0.266 e. The molecule has 2 N–H and O–H groups in total. The Morgan fingerprint density at radius 3 is 3.11 bits per heavy atom. The first-order valence-electron chi connectivity index (χ1n) is 6.29. The molecule has 0 saturated carbocycles. The molecule has 2 rings (SSSR count). The molecule has 1 unspecified atom stereocenters. The minimum atomic E-state index is -0.0803. The number of nitrogens with one attached hydrogen (secondary N) is 2. The molecule has 1 aromatic rings. The summed E-state index contributed by atoms with van der Waals surface area (Å²) in [6.07, 6.45) is 2.66. The molecule has 1 aliphatic rings. The smallest absolute Gasteiger partial charge is 0.266 e. The number of nitrogens with zero attached hydrogens (tertiary/aromatic N) is 2. The van der Waals surface area contributed by atoms with E-state index in [0.29, 0.717) is 21.3 Å². The van der Waals surface area contributed by atoms with Crippen molar-refractivity contribution in [2.75, 3.05) is 25.0 Å². The second kappa shape index (κ2) is 6.01. The second-order valence-electron chi connectivity index (χ2n) is 5.02. The quantitative estimate of drug-likeness (QED) is 0.798. The molecule has 0 bridgehead atoms. The van der Waals surface area contributed by atoms with Crippen LogP contribution in [0.25, 0.3) is 0 Å². The molecule has 0 amide bonds. The molecule has 1 aliphatic heterocycles. The minimum absolute atomic E-state index is 0.0803. The zero-order valence-electron chi connectivity index (χ0n) is 10.7. The summed E-state index contributed by atoms with van der Waals surface area (Å²) in [5.41, 5.74) is -0.0803. The predicted molar refractivity (Wildman–Crippen MR) is 80.9 cm³/mol. The summed E-state index contributed by atoms with van der Waals surface area (Å²) in [7, 11) is 0. The number of hydrogen-bond donors (Lipinski definition) is 2. The first kappa shape index (κ1) is 13.8. The van der Waals surface area contributed by atoms with Gasteiger partial charge < -0.3 is 15.2 Å². The monoisotopic (exact) mass is 362 g/mol. The lowest BCUT2D eigenvalue weighted by Crippen LogP contribution is -2.29. The normalized spacial score (nSPS) is 20.6. The fourth-order valence-corrected chi connectivity index (χ4v) is 2.73. The Kier molecular flexibility index (Phi) is 4.60. The van der Waals surface area contributed by atoms with Crippen LogP contribution in [0.1, 0.15) is 20.3 Å². The van der Waals surface area contributed by atoms with Crippen LogP contribution in [0.4, 0.5) is 5.82 Å². The largest absolute Gasteiger partial charge is 0.369 e. The van der Waals surface area contributed by atoms with Gasteiger partial charge >= 0.3 is 0 Å². The summed E-state index contributed by atoms with van der Waals surface area (Å²) in [5.74, 6) is 1.34. The summed E-state index contributed by atoms with van der Waals surface area (Å²) in [5, 5.41) is 3.29. The Labute approximate surface area is 121 Å². The average Bonchev–Trinajstić information content (AvgIpc) is 2.80. The maximum atomic E-state index is 11.4. The summed E-state index contributed by atoms with van der Waals surface area (Å²) in [4.78, 5) is 20.6. The van der Waals surface area contributed by atoms with Gasteiger partial charge in [-0.1, -0.05) is 0 Å². The SMILES string of the molecule is CC(C)N1CCC(CNc2nc[nH]c(=O)c2I)C1. The van der Waals surface area contributed by atoms with Crippen molar-refractivity contribution in [3.05, 3.63) is 20.3 Å². The van der Waals surface area contributed by atoms with Crippen molar-refractivity contribution in [3.8, 4) is 0 Å². The topological polar surface area (TPSA) is 61.0 Å². The van der Waals surface area contributed by atoms with Crippen LogP contribution >= 0.6 is 22.6 Å². The highest BCUT2D eigenvalue weighted by Crippen LogP contribution is 2.19. The summed E-state index contributed by atoms with van der Waals surface area (Å²) in [6, 6.07) is 0.618. The van der Waals surface area contributed by atoms with E-state index in [0.717, 1.165) is 13.1 Å². The zero-order chi connectivity index (χ0) is 13.1. The predicted octanol–water partition coefficient (Wildman–Crippen LogP) is 1.52. The molecule has 18 heavy (non-hydrogen) atoms.